The molecule has 2 aromatic carbocycles. The molecule has 2 aliphatic rings. The van der Waals surface area contributed by atoms with Gasteiger partial charge in [-0.15, -0.1) is 11.8 Å². The molecule has 0 N–H and O–H groups in total. The number of rotatable bonds is 6. The number of carbonyl (C=O) groups is 1. The van der Waals surface area contributed by atoms with Gasteiger partial charge in [-0.2, -0.15) is 18.2 Å². The van der Waals surface area contributed by atoms with Crippen LogP contribution in [0.5, 0.6) is 0 Å². The average Bonchev–Trinajstić information content (AvgIpc) is 3.14. The molecule has 0 saturated carbocycles. The van der Waals surface area contributed by atoms with Gasteiger partial charge in [0.15, 0.2) is 0 Å². The zero-order valence-corrected chi connectivity index (χ0v) is 27.4. The Hall–Kier alpha value is -3.36. The molecule has 1 aromatic heterocycles. The number of thioether (sulfide) groups is 1. The van der Waals surface area contributed by atoms with E-state index in [-0.39, 0.29) is 59.2 Å². The zero-order valence-electron chi connectivity index (χ0n) is 26.6. The Bertz CT molecular complexity index is 1650. The molecular weight excluding hydrogens is 628 g/mol. The molecule has 5 rings (SSSR count). The highest BCUT2D eigenvalue weighted by Crippen LogP contribution is 2.48. The predicted molar refractivity (Wildman–Crippen MR) is 168 cm³/mol. The standard InChI is InChI=1S/C32H38F4N4O5S/c1-18-14-38(15-19(2)40(18)30(42)45-31(3,4)5)28-23-13-24(32(34,35)36)25(20-7-9-21(33)10-8-20)27-26(23)39(29(41)37-28)16-22(17-46-27)44-12-11-43-6/h7-10,13,18-19,22H,11-12,14-17H2,1-6H3/t18-,19+,22-/m1/s1. The third-order valence-electron chi connectivity index (χ3n) is 7.90. The molecule has 3 atom stereocenters. The summed E-state index contributed by atoms with van der Waals surface area (Å²) in [7, 11) is 1.53. The second kappa shape index (κ2) is 13.0. The van der Waals surface area contributed by atoms with Crippen LogP contribution in [0.15, 0.2) is 40.0 Å². The maximum Gasteiger partial charge on any atom is 0.417 e. The first-order chi connectivity index (χ1) is 21.6. The van der Waals surface area contributed by atoms with Gasteiger partial charge in [-0.05, 0) is 58.4 Å². The number of methoxy groups -OCH3 is 1. The van der Waals surface area contributed by atoms with Crippen LogP contribution < -0.4 is 10.6 Å². The summed E-state index contributed by atoms with van der Waals surface area (Å²) in [4.78, 5) is 34.8. The fourth-order valence-corrected chi connectivity index (χ4v) is 7.36. The molecular formula is C32H38F4N4O5S. The maximum atomic E-state index is 14.9. The van der Waals surface area contributed by atoms with E-state index in [1.165, 1.54) is 23.8 Å². The molecule has 9 nitrogen and oxygen atoms in total. The molecule has 0 aliphatic carbocycles. The van der Waals surface area contributed by atoms with Crippen molar-refractivity contribution in [3.8, 4) is 11.1 Å². The molecule has 0 radical (unpaired) electrons. The fourth-order valence-electron chi connectivity index (χ4n) is 6.07. The van der Waals surface area contributed by atoms with Gasteiger partial charge < -0.3 is 19.1 Å². The Labute approximate surface area is 268 Å². The predicted octanol–water partition coefficient (Wildman–Crippen LogP) is 6.19. The van der Waals surface area contributed by atoms with Crippen LogP contribution in [0.25, 0.3) is 22.0 Å². The Kier molecular flexibility index (Phi) is 9.63. The minimum absolute atomic E-state index is 0.0692. The van der Waals surface area contributed by atoms with Crippen molar-refractivity contribution >= 4 is 34.6 Å². The van der Waals surface area contributed by atoms with Crippen molar-refractivity contribution < 1.29 is 36.6 Å². The Morgan fingerprint density at radius 2 is 1.70 bits per heavy atom. The highest BCUT2D eigenvalue weighted by Gasteiger charge is 2.40. The Morgan fingerprint density at radius 3 is 2.28 bits per heavy atom. The summed E-state index contributed by atoms with van der Waals surface area (Å²) in [5.74, 6) is -0.219. The van der Waals surface area contributed by atoms with Gasteiger partial charge in [0.05, 0.1) is 49.0 Å². The molecule has 1 amide bonds. The molecule has 2 aliphatic heterocycles. The van der Waals surface area contributed by atoms with Crippen LogP contribution in [0.1, 0.15) is 40.2 Å². The minimum Gasteiger partial charge on any atom is -0.444 e. The lowest BCUT2D eigenvalue weighted by Crippen LogP contribution is -2.59. The van der Waals surface area contributed by atoms with Gasteiger partial charge in [0.1, 0.15) is 17.2 Å². The van der Waals surface area contributed by atoms with Crippen LogP contribution in [0, 0.1) is 5.82 Å². The quantitative estimate of drug-likeness (QED) is 0.228. The monoisotopic (exact) mass is 666 g/mol. The minimum atomic E-state index is -4.79. The van der Waals surface area contributed by atoms with Gasteiger partial charge in [0.2, 0.25) is 0 Å². The first-order valence-electron chi connectivity index (χ1n) is 15.0. The summed E-state index contributed by atoms with van der Waals surface area (Å²) in [6.45, 7) is 9.99. The second-order valence-electron chi connectivity index (χ2n) is 12.6. The van der Waals surface area contributed by atoms with Crippen molar-refractivity contribution in [1.82, 2.24) is 14.5 Å². The second-order valence-corrected chi connectivity index (χ2v) is 13.7. The number of aromatic nitrogens is 2. The van der Waals surface area contributed by atoms with E-state index in [0.717, 1.165) is 30.0 Å². The molecule has 14 heteroatoms. The summed E-state index contributed by atoms with van der Waals surface area (Å²) < 4.78 is 76.7. The van der Waals surface area contributed by atoms with E-state index < -0.39 is 53.1 Å². The number of hydrogen-bond acceptors (Lipinski definition) is 8. The van der Waals surface area contributed by atoms with Crippen molar-refractivity contribution in [2.45, 2.75) is 76.0 Å². The van der Waals surface area contributed by atoms with Gasteiger partial charge in [-0.3, -0.25) is 9.47 Å². The van der Waals surface area contributed by atoms with Crippen LogP contribution in [0.2, 0.25) is 0 Å². The SMILES string of the molecule is COCCO[C@H]1CSc2c(-c3ccc(F)cc3)c(C(F)(F)F)cc3c(N4C[C@@H](C)N(C(=O)OC(C)(C)C)[C@@H](C)C4)nc(=O)n(c23)C1. The number of anilines is 1. The lowest BCUT2D eigenvalue weighted by atomic mass is 9.96. The van der Waals surface area contributed by atoms with Gasteiger partial charge in [-0.25, -0.2) is 14.0 Å². The Balaban J connectivity index is 1.70. The van der Waals surface area contributed by atoms with E-state index >= 15 is 0 Å². The van der Waals surface area contributed by atoms with Gasteiger partial charge in [-0.1, -0.05) is 12.1 Å². The summed E-state index contributed by atoms with van der Waals surface area (Å²) in [5, 5.41) is 0.156. The van der Waals surface area contributed by atoms with Crippen LogP contribution >= 0.6 is 11.8 Å². The number of piperazine rings is 1. The van der Waals surface area contributed by atoms with Crippen LogP contribution in [0.4, 0.5) is 28.2 Å². The van der Waals surface area contributed by atoms with Gasteiger partial charge >= 0.3 is 18.0 Å². The van der Waals surface area contributed by atoms with E-state index in [1.807, 2.05) is 13.8 Å². The molecule has 3 aromatic rings. The first-order valence-corrected chi connectivity index (χ1v) is 16.0. The largest absolute Gasteiger partial charge is 0.444 e. The van der Waals surface area contributed by atoms with E-state index in [1.54, 1.807) is 30.6 Å². The smallest absolute Gasteiger partial charge is 0.417 e. The highest BCUT2D eigenvalue weighted by molar-refractivity contribution is 7.99. The lowest BCUT2D eigenvalue weighted by molar-refractivity contribution is -0.137. The van der Waals surface area contributed by atoms with Crippen molar-refractivity contribution in [3.63, 3.8) is 0 Å². The van der Waals surface area contributed by atoms with Crippen molar-refractivity contribution in [2.24, 2.45) is 0 Å². The number of ether oxygens (including phenoxy) is 3. The topological polar surface area (TPSA) is 86.1 Å². The molecule has 1 saturated heterocycles. The molecule has 0 bridgehead atoms. The van der Waals surface area contributed by atoms with Crippen molar-refractivity contribution in [3.05, 3.63) is 52.2 Å². The Morgan fingerprint density at radius 1 is 1.04 bits per heavy atom. The van der Waals surface area contributed by atoms with E-state index in [4.69, 9.17) is 14.2 Å². The highest BCUT2D eigenvalue weighted by atomic mass is 32.2. The molecule has 0 unspecified atom stereocenters. The summed E-state index contributed by atoms with van der Waals surface area (Å²) in [6.07, 6.45) is -5.80. The van der Waals surface area contributed by atoms with E-state index in [2.05, 4.69) is 4.98 Å². The molecule has 1 fully saturated rings. The summed E-state index contributed by atoms with van der Waals surface area (Å²) in [6, 6.07) is 5.08. The molecule has 250 valence electrons. The van der Waals surface area contributed by atoms with Crippen LogP contribution in [0.3, 0.4) is 0 Å². The number of nitrogens with zero attached hydrogens (tertiary/aromatic N) is 4. The molecule has 0 spiro atoms. The third kappa shape index (κ3) is 6.98. The summed E-state index contributed by atoms with van der Waals surface area (Å²) >= 11 is 1.16. The number of amides is 1. The zero-order chi connectivity index (χ0) is 33.6. The maximum absolute atomic E-state index is 14.9. The number of hydrogen-bond donors (Lipinski definition) is 0. The van der Waals surface area contributed by atoms with Gasteiger partial charge in [0.25, 0.3) is 0 Å². The number of benzene rings is 2. The normalized spacial score (nSPS) is 20.6. The van der Waals surface area contributed by atoms with Gasteiger partial charge in [0, 0.05) is 41.8 Å². The van der Waals surface area contributed by atoms with Crippen molar-refractivity contribution in [2.75, 3.05) is 44.1 Å². The molecule has 3 heterocycles. The third-order valence-corrected chi connectivity index (χ3v) is 9.13. The molecule has 46 heavy (non-hydrogen) atoms. The van der Waals surface area contributed by atoms with E-state index in [9.17, 15) is 27.2 Å². The fraction of sp³-hybridized carbons (Fsp3) is 0.531. The summed E-state index contributed by atoms with van der Waals surface area (Å²) in [5.41, 5.74) is -1.93. The van der Waals surface area contributed by atoms with Crippen LogP contribution in [-0.2, 0) is 26.9 Å². The van der Waals surface area contributed by atoms with E-state index in [0.29, 0.717) is 12.1 Å². The number of alkyl halides is 3. The number of halogens is 4. The first kappa shape index (κ1) is 34.0. The van der Waals surface area contributed by atoms with Crippen LogP contribution in [-0.4, -0.2) is 83.5 Å². The van der Waals surface area contributed by atoms with Crippen molar-refractivity contribution in [1.29, 1.82) is 0 Å². The number of carbonyl (C=O) groups excluding carboxylic acids is 1. The lowest BCUT2D eigenvalue weighted by Gasteiger charge is -2.45. The average molecular weight is 667 g/mol.